The average molecular weight is 404 g/mol. The summed E-state index contributed by atoms with van der Waals surface area (Å²) in [6, 6.07) is 13.5. The first kappa shape index (κ1) is 16.2. The molecule has 2 aromatic carbocycles. The molecular weight excluding hydrogens is 394 g/mol. The van der Waals surface area contributed by atoms with Gasteiger partial charge in [0.1, 0.15) is 5.69 Å². The Morgan fingerprint density at radius 1 is 1.17 bits per heavy atom. The predicted octanol–water partition coefficient (Wildman–Crippen LogP) is 5.48. The van der Waals surface area contributed by atoms with E-state index < -0.39 is 4.92 Å². The van der Waals surface area contributed by atoms with Gasteiger partial charge in [-0.2, -0.15) is 0 Å². The van der Waals surface area contributed by atoms with Crippen molar-refractivity contribution < 1.29 is 4.92 Å². The van der Waals surface area contributed by atoms with Crippen LogP contribution in [0.3, 0.4) is 0 Å². The fourth-order valence-corrected chi connectivity index (χ4v) is 2.90. The van der Waals surface area contributed by atoms with Crippen LogP contribution in [0.5, 0.6) is 0 Å². The van der Waals surface area contributed by atoms with Gasteiger partial charge in [-0.3, -0.25) is 10.1 Å². The molecule has 3 aromatic rings. The van der Waals surface area contributed by atoms with Crippen LogP contribution in [0.2, 0.25) is 0 Å². The number of nitrogens with two attached hydrogens (primary N) is 1. The summed E-state index contributed by atoms with van der Waals surface area (Å²) in [7, 11) is 0. The molecule has 0 atom stereocenters. The molecule has 1 heterocycles. The Morgan fingerprint density at radius 2 is 1.92 bits per heavy atom. The predicted molar refractivity (Wildman–Crippen MR) is 96.9 cm³/mol. The second-order valence-corrected chi connectivity index (χ2v) is 6.61. The summed E-state index contributed by atoms with van der Waals surface area (Å²) in [5.74, 6) is 0. The highest BCUT2D eigenvalue weighted by molar-refractivity contribution is 9.10. The van der Waals surface area contributed by atoms with Gasteiger partial charge in [0.05, 0.1) is 10.6 Å². The van der Waals surface area contributed by atoms with Gasteiger partial charge in [-0.05, 0) is 24.3 Å². The zero-order valence-electron chi connectivity index (χ0n) is 12.1. The Bertz CT molecular complexity index is 924. The summed E-state index contributed by atoms with van der Waals surface area (Å²) < 4.78 is 0.945. The number of thiazole rings is 1. The number of anilines is 1. The van der Waals surface area contributed by atoms with Crippen LogP contribution >= 0.6 is 27.3 Å². The van der Waals surface area contributed by atoms with E-state index in [1.165, 1.54) is 23.5 Å². The quantitative estimate of drug-likeness (QED) is 0.353. The third-order valence-electron chi connectivity index (χ3n) is 3.04. The minimum absolute atomic E-state index is 0.0186. The SMILES string of the molecule is Nc1nc(-c2cccc([N+](=O)[O-])c2)c(N=Nc2ccc(Br)cc2)s1. The number of nitrogen functional groups attached to an aromatic ring is 1. The maximum Gasteiger partial charge on any atom is 0.270 e. The molecule has 0 amide bonds. The van der Waals surface area contributed by atoms with Crippen molar-refractivity contribution in [2.45, 2.75) is 0 Å². The number of nitro benzene ring substituents is 1. The fourth-order valence-electron chi connectivity index (χ4n) is 1.96. The van der Waals surface area contributed by atoms with Crippen LogP contribution in [0, 0.1) is 10.1 Å². The fraction of sp³-hybridized carbons (Fsp3) is 0. The van der Waals surface area contributed by atoms with Gasteiger partial charge in [0.2, 0.25) is 0 Å². The number of nitro groups is 1. The molecule has 0 saturated heterocycles. The molecule has 1 aromatic heterocycles. The molecule has 24 heavy (non-hydrogen) atoms. The first-order valence-electron chi connectivity index (χ1n) is 6.71. The molecule has 0 saturated carbocycles. The Morgan fingerprint density at radius 3 is 2.62 bits per heavy atom. The minimum Gasteiger partial charge on any atom is -0.375 e. The van der Waals surface area contributed by atoms with Crippen LogP contribution in [-0.4, -0.2) is 9.91 Å². The number of nitrogens with zero attached hydrogens (tertiary/aromatic N) is 4. The lowest BCUT2D eigenvalue weighted by molar-refractivity contribution is -0.384. The highest BCUT2D eigenvalue weighted by Crippen LogP contribution is 2.38. The Labute approximate surface area is 149 Å². The molecule has 0 bridgehead atoms. The second kappa shape index (κ2) is 6.85. The van der Waals surface area contributed by atoms with Crippen molar-refractivity contribution in [3.63, 3.8) is 0 Å². The van der Waals surface area contributed by atoms with E-state index in [9.17, 15) is 10.1 Å². The number of rotatable bonds is 4. The normalized spacial score (nSPS) is 11.0. The van der Waals surface area contributed by atoms with Crippen molar-refractivity contribution in [1.82, 2.24) is 4.98 Å². The number of halogens is 1. The first-order chi connectivity index (χ1) is 11.5. The topological polar surface area (TPSA) is 107 Å². The highest BCUT2D eigenvalue weighted by Gasteiger charge is 2.15. The number of aromatic nitrogens is 1. The summed E-state index contributed by atoms with van der Waals surface area (Å²) in [5.41, 5.74) is 7.47. The van der Waals surface area contributed by atoms with Crippen molar-refractivity contribution in [1.29, 1.82) is 0 Å². The van der Waals surface area contributed by atoms with E-state index in [2.05, 4.69) is 31.1 Å². The molecule has 0 unspecified atom stereocenters. The molecule has 0 aliphatic rings. The number of hydrogen-bond acceptors (Lipinski definition) is 7. The van der Waals surface area contributed by atoms with Crippen molar-refractivity contribution in [3.8, 4) is 11.3 Å². The van der Waals surface area contributed by atoms with E-state index in [-0.39, 0.29) is 5.69 Å². The van der Waals surface area contributed by atoms with Gasteiger partial charge >= 0.3 is 0 Å². The molecule has 7 nitrogen and oxygen atoms in total. The molecule has 9 heteroatoms. The van der Waals surface area contributed by atoms with Crippen molar-refractivity contribution in [2.75, 3.05) is 5.73 Å². The largest absolute Gasteiger partial charge is 0.375 e. The first-order valence-corrected chi connectivity index (χ1v) is 8.32. The Balaban J connectivity index is 1.97. The van der Waals surface area contributed by atoms with E-state index in [1.807, 2.05) is 24.3 Å². The summed E-state index contributed by atoms with van der Waals surface area (Å²) in [5, 5.41) is 20.1. The molecular formula is C15H10BrN5O2S. The Kier molecular flexibility index (Phi) is 4.63. The molecule has 0 aliphatic heterocycles. The van der Waals surface area contributed by atoms with E-state index in [1.54, 1.807) is 12.1 Å². The molecule has 0 aliphatic carbocycles. The highest BCUT2D eigenvalue weighted by atomic mass is 79.9. The van der Waals surface area contributed by atoms with Crippen LogP contribution in [0.25, 0.3) is 11.3 Å². The van der Waals surface area contributed by atoms with Crippen molar-refractivity contribution in [3.05, 3.63) is 63.1 Å². The minimum atomic E-state index is -0.456. The number of hydrogen-bond donors (Lipinski definition) is 1. The molecule has 0 fully saturated rings. The third-order valence-corrected chi connectivity index (χ3v) is 4.34. The zero-order valence-corrected chi connectivity index (χ0v) is 14.5. The maximum atomic E-state index is 10.9. The smallest absolute Gasteiger partial charge is 0.270 e. The second-order valence-electron chi connectivity index (χ2n) is 4.69. The number of azo groups is 1. The van der Waals surface area contributed by atoms with Crippen molar-refractivity contribution >= 4 is 48.8 Å². The van der Waals surface area contributed by atoms with Gasteiger partial charge in [-0.25, -0.2) is 4.98 Å². The summed E-state index contributed by atoms with van der Waals surface area (Å²) in [6.45, 7) is 0. The van der Waals surface area contributed by atoms with Crippen molar-refractivity contribution in [2.24, 2.45) is 10.2 Å². The van der Waals surface area contributed by atoms with E-state index in [0.717, 1.165) is 4.47 Å². The average Bonchev–Trinajstić information content (AvgIpc) is 2.95. The van der Waals surface area contributed by atoms with Crippen LogP contribution in [0.15, 0.2) is 63.2 Å². The zero-order chi connectivity index (χ0) is 17.1. The lowest BCUT2D eigenvalue weighted by Crippen LogP contribution is -1.88. The van der Waals surface area contributed by atoms with Gasteiger partial charge in [0.15, 0.2) is 10.1 Å². The van der Waals surface area contributed by atoms with Gasteiger partial charge < -0.3 is 5.73 Å². The molecule has 0 spiro atoms. The van der Waals surface area contributed by atoms with Crippen LogP contribution in [0.1, 0.15) is 0 Å². The van der Waals surface area contributed by atoms with Crippen LogP contribution < -0.4 is 5.73 Å². The third kappa shape index (κ3) is 3.63. The van der Waals surface area contributed by atoms with Gasteiger partial charge in [-0.1, -0.05) is 39.4 Å². The van der Waals surface area contributed by atoms with E-state index in [4.69, 9.17) is 5.73 Å². The van der Waals surface area contributed by atoms with E-state index >= 15 is 0 Å². The summed E-state index contributed by atoms with van der Waals surface area (Å²) in [4.78, 5) is 14.7. The molecule has 3 rings (SSSR count). The summed E-state index contributed by atoms with van der Waals surface area (Å²) in [6.07, 6.45) is 0. The number of benzene rings is 2. The van der Waals surface area contributed by atoms with Crippen LogP contribution in [0.4, 0.5) is 21.5 Å². The molecule has 120 valence electrons. The number of non-ortho nitro benzene ring substituents is 1. The van der Waals surface area contributed by atoms with Gasteiger partial charge in [0, 0.05) is 22.2 Å². The standard InChI is InChI=1S/C15H10BrN5O2S/c16-10-4-6-11(7-5-10)19-20-14-13(18-15(17)24-14)9-2-1-3-12(8-9)21(22)23/h1-8H,(H2,17,18). The van der Waals surface area contributed by atoms with Gasteiger partial charge in [-0.15, -0.1) is 10.2 Å². The summed E-state index contributed by atoms with van der Waals surface area (Å²) >= 11 is 4.53. The monoisotopic (exact) mass is 403 g/mol. The van der Waals surface area contributed by atoms with Gasteiger partial charge in [0.25, 0.3) is 5.69 Å². The lowest BCUT2D eigenvalue weighted by Gasteiger charge is -1.98. The molecule has 2 N–H and O–H groups in total. The van der Waals surface area contributed by atoms with E-state index in [0.29, 0.717) is 27.1 Å². The lowest BCUT2D eigenvalue weighted by atomic mass is 10.1. The molecule has 0 radical (unpaired) electrons. The maximum absolute atomic E-state index is 10.9. The Hall–Kier alpha value is -2.65. The van der Waals surface area contributed by atoms with Crippen LogP contribution in [-0.2, 0) is 0 Å².